The molecule has 0 N–H and O–H groups in total. The Bertz CT molecular complexity index is 1000. The van der Waals surface area contributed by atoms with Crippen LogP contribution in [0.1, 0.15) is 11.1 Å². The van der Waals surface area contributed by atoms with E-state index in [4.69, 9.17) is 0 Å². The molecule has 0 fully saturated rings. The SMILES string of the molecule is BrCc1c2ccccc2c(CBr)c2c1ccc1ccccc12. The Morgan fingerprint density at radius 1 is 0.545 bits per heavy atom. The molecule has 4 aromatic rings. The molecule has 0 spiro atoms. The zero-order valence-corrected chi connectivity index (χ0v) is 15.1. The van der Waals surface area contributed by atoms with Crippen molar-refractivity contribution in [3.63, 3.8) is 0 Å². The van der Waals surface area contributed by atoms with Crippen LogP contribution in [0.2, 0.25) is 0 Å². The summed E-state index contributed by atoms with van der Waals surface area (Å²) in [5, 5.41) is 9.78. The maximum atomic E-state index is 3.72. The van der Waals surface area contributed by atoms with Gasteiger partial charge in [-0.1, -0.05) is 92.5 Å². The summed E-state index contributed by atoms with van der Waals surface area (Å²) in [7, 11) is 0. The highest BCUT2D eigenvalue weighted by atomic mass is 79.9. The molecule has 0 aliphatic carbocycles. The summed E-state index contributed by atoms with van der Waals surface area (Å²) in [5.41, 5.74) is 2.76. The maximum Gasteiger partial charge on any atom is 0.0295 e. The van der Waals surface area contributed by atoms with Gasteiger partial charge in [0.25, 0.3) is 0 Å². The highest BCUT2D eigenvalue weighted by Crippen LogP contribution is 2.38. The molecule has 0 saturated carbocycles. The number of hydrogen-bond acceptors (Lipinski definition) is 0. The van der Waals surface area contributed by atoms with Crippen molar-refractivity contribution in [1.29, 1.82) is 0 Å². The Hall–Kier alpha value is -1.38. The summed E-state index contributed by atoms with van der Waals surface area (Å²) in [4.78, 5) is 0. The Morgan fingerprint density at radius 2 is 1.14 bits per heavy atom. The van der Waals surface area contributed by atoms with Crippen LogP contribution in [-0.4, -0.2) is 0 Å². The van der Waals surface area contributed by atoms with Gasteiger partial charge in [-0.3, -0.25) is 0 Å². The van der Waals surface area contributed by atoms with E-state index in [2.05, 4.69) is 92.5 Å². The van der Waals surface area contributed by atoms with E-state index >= 15 is 0 Å². The first kappa shape index (κ1) is 14.2. The van der Waals surface area contributed by atoms with Crippen LogP contribution >= 0.6 is 31.9 Å². The van der Waals surface area contributed by atoms with E-state index in [0.717, 1.165) is 10.7 Å². The van der Waals surface area contributed by atoms with Crippen LogP contribution in [0.15, 0.2) is 60.7 Å². The van der Waals surface area contributed by atoms with Crippen molar-refractivity contribution in [1.82, 2.24) is 0 Å². The first-order valence-corrected chi connectivity index (χ1v) is 9.55. The molecule has 0 unspecified atom stereocenters. The summed E-state index contributed by atoms with van der Waals surface area (Å²) < 4.78 is 0. The van der Waals surface area contributed by atoms with Gasteiger partial charge in [-0.2, -0.15) is 0 Å². The van der Waals surface area contributed by atoms with Crippen molar-refractivity contribution in [2.45, 2.75) is 10.7 Å². The van der Waals surface area contributed by atoms with Crippen molar-refractivity contribution < 1.29 is 0 Å². The molecule has 0 amide bonds. The standard InChI is InChI=1S/C20H14Br2/c21-11-18-15-7-3-4-8-16(15)19(12-22)20-14-6-2-1-5-13(14)9-10-17(18)20/h1-10H,11-12H2. The largest absolute Gasteiger partial charge is 0.0876 e. The van der Waals surface area contributed by atoms with Gasteiger partial charge >= 0.3 is 0 Å². The highest BCUT2D eigenvalue weighted by Gasteiger charge is 2.14. The van der Waals surface area contributed by atoms with Crippen LogP contribution in [-0.2, 0) is 10.7 Å². The lowest BCUT2D eigenvalue weighted by Gasteiger charge is -2.16. The Morgan fingerprint density at radius 3 is 1.82 bits per heavy atom. The quantitative estimate of drug-likeness (QED) is 0.190. The lowest BCUT2D eigenvalue weighted by molar-refractivity contribution is 1.49. The molecule has 0 aliphatic heterocycles. The fourth-order valence-electron chi connectivity index (χ4n) is 3.42. The van der Waals surface area contributed by atoms with E-state index < -0.39 is 0 Å². The van der Waals surface area contributed by atoms with Crippen LogP contribution in [0, 0.1) is 0 Å². The third-order valence-electron chi connectivity index (χ3n) is 4.40. The molecule has 108 valence electrons. The molecular weight excluding hydrogens is 400 g/mol. The third kappa shape index (κ3) is 2.01. The van der Waals surface area contributed by atoms with Crippen LogP contribution < -0.4 is 0 Å². The normalized spacial score (nSPS) is 11.5. The minimum absolute atomic E-state index is 0.862. The summed E-state index contributed by atoms with van der Waals surface area (Å²) in [5.74, 6) is 0. The number of hydrogen-bond donors (Lipinski definition) is 0. The monoisotopic (exact) mass is 412 g/mol. The molecule has 0 aliphatic rings. The fraction of sp³-hybridized carbons (Fsp3) is 0.100. The Labute approximate surface area is 146 Å². The van der Waals surface area contributed by atoms with Crippen LogP contribution in [0.4, 0.5) is 0 Å². The first-order chi connectivity index (χ1) is 10.8. The highest BCUT2D eigenvalue weighted by molar-refractivity contribution is 9.08. The Balaban J connectivity index is 2.36. The van der Waals surface area contributed by atoms with Gasteiger partial charge in [0, 0.05) is 10.7 Å². The lowest BCUT2D eigenvalue weighted by atomic mass is 9.90. The summed E-state index contributed by atoms with van der Waals surface area (Å²) >= 11 is 7.42. The molecule has 4 rings (SSSR count). The maximum absolute atomic E-state index is 3.72. The molecule has 0 atom stereocenters. The van der Waals surface area contributed by atoms with Crippen molar-refractivity contribution in [3.05, 3.63) is 71.8 Å². The number of alkyl halides is 2. The second kappa shape index (κ2) is 5.68. The van der Waals surface area contributed by atoms with Gasteiger partial charge in [0.15, 0.2) is 0 Å². The van der Waals surface area contributed by atoms with Crippen molar-refractivity contribution in [2.24, 2.45) is 0 Å². The molecule has 0 heterocycles. The van der Waals surface area contributed by atoms with Crippen molar-refractivity contribution in [3.8, 4) is 0 Å². The number of rotatable bonds is 2. The molecule has 22 heavy (non-hydrogen) atoms. The average Bonchev–Trinajstić information content (AvgIpc) is 2.59. The van der Waals surface area contributed by atoms with Crippen LogP contribution in [0.5, 0.6) is 0 Å². The number of halogens is 2. The summed E-state index contributed by atoms with van der Waals surface area (Å²) in [6.07, 6.45) is 0. The second-order valence-electron chi connectivity index (χ2n) is 5.48. The van der Waals surface area contributed by atoms with Gasteiger partial charge in [-0.25, -0.2) is 0 Å². The molecule has 0 bridgehead atoms. The number of benzene rings is 4. The smallest absolute Gasteiger partial charge is 0.0295 e. The first-order valence-electron chi connectivity index (χ1n) is 7.31. The topological polar surface area (TPSA) is 0 Å². The molecule has 0 aromatic heterocycles. The van der Waals surface area contributed by atoms with Crippen LogP contribution in [0.25, 0.3) is 32.3 Å². The minimum Gasteiger partial charge on any atom is -0.0876 e. The molecule has 0 radical (unpaired) electrons. The zero-order valence-electron chi connectivity index (χ0n) is 11.9. The van der Waals surface area contributed by atoms with Crippen molar-refractivity contribution in [2.75, 3.05) is 0 Å². The van der Waals surface area contributed by atoms with Crippen LogP contribution in [0.3, 0.4) is 0 Å². The summed E-state index contributed by atoms with van der Waals surface area (Å²) in [6, 6.07) is 21.9. The Kier molecular flexibility index (Phi) is 3.67. The predicted octanol–water partition coefficient (Wildman–Crippen LogP) is 6.94. The van der Waals surface area contributed by atoms with Gasteiger partial charge in [-0.05, 0) is 43.4 Å². The molecule has 0 nitrogen and oxygen atoms in total. The fourth-order valence-corrected chi connectivity index (χ4v) is 4.61. The molecule has 0 saturated heterocycles. The lowest BCUT2D eigenvalue weighted by Crippen LogP contribution is -1.93. The van der Waals surface area contributed by atoms with Gasteiger partial charge in [0.2, 0.25) is 0 Å². The van der Waals surface area contributed by atoms with E-state index in [1.807, 2.05) is 0 Å². The molecule has 4 aromatic carbocycles. The summed E-state index contributed by atoms with van der Waals surface area (Å²) in [6.45, 7) is 0. The molecular formula is C20H14Br2. The second-order valence-corrected chi connectivity index (χ2v) is 6.60. The van der Waals surface area contributed by atoms with E-state index in [9.17, 15) is 0 Å². The molecule has 2 heteroatoms. The van der Waals surface area contributed by atoms with E-state index in [-0.39, 0.29) is 0 Å². The van der Waals surface area contributed by atoms with Gasteiger partial charge in [0.05, 0.1) is 0 Å². The average molecular weight is 414 g/mol. The zero-order chi connectivity index (χ0) is 15.1. The van der Waals surface area contributed by atoms with E-state index in [1.54, 1.807) is 0 Å². The van der Waals surface area contributed by atoms with E-state index in [0.29, 0.717) is 0 Å². The third-order valence-corrected chi connectivity index (χ3v) is 5.52. The van der Waals surface area contributed by atoms with Gasteiger partial charge < -0.3 is 0 Å². The van der Waals surface area contributed by atoms with Crippen molar-refractivity contribution >= 4 is 64.2 Å². The minimum atomic E-state index is 0.862. The van der Waals surface area contributed by atoms with Gasteiger partial charge in [-0.15, -0.1) is 0 Å². The van der Waals surface area contributed by atoms with Gasteiger partial charge in [0.1, 0.15) is 0 Å². The number of fused-ring (bicyclic) bond motifs is 4. The predicted molar refractivity (Wildman–Crippen MR) is 104 cm³/mol. The van der Waals surface area contributed by atoms with E-state index in [1.165, 1.54) is 43.4 Å².